The maximum atomic E-state index is 5.88. The monoisotopic (exact) mass is 352 g/mol. The van der Waals surface area contributed by atoms with Crippen molar-refractivity contribution in [3.63, 3.8) is 0 Å². The van der Waals surface area contributed by atoms with Crippen molar-refractivity contribution in [3.05, 3.63) is 11.6 Å². The molecule has 0 saturated carbocycles. The molecule has 16 heavy (non-hydrogen) atoms. The van der Waals surface area contributed by atoms with Gasteiger partial charge in [0, 0.05) is 0 Å². The van der Waals surface area contributed by atoms with Gasteiger partial charge < -0.3 is 0 Å². The van der Waals surface area contributed by atoms with Crippen molar-refractivity contribution in [2.45, 2.75) is 0 Å². The van der Waals surface area contributed by atoms with Crippen LogP contribution in [0, 0.1) is 0 Å². The number of imidazole rings is 1. The third-order valence-corrected chi connectivity index (χ3v) is 4.82. The zero-order valence-electron chi connectivity index (χ0n) is 8.15. The van der Waals surface area contributed by atoms with Gasteiger partial charge in [0.05, 0.1) is 0 Å². The predicted octanol–water partition coefficient (Wildman–Crippen LogP) is -2.20. The molecular weight excluding hydrogens is 344 g/mol. The van der Waals surface area contributed by atoms with Crippen LogP contribution in [0.5, 0.6) is 0 Å². The van der Waals surface area contributed by atoms with Crippen molar-refractivity contribution >= 4 is 28.6 Å². The van der Waals surface area contributed by atoms with E-state index < -0.39 is 0 Å². The van der Waals surface area contributed by atoms with Gasteiger partial charge in [-0.25, -0.2) is 0 Å². The summed E-state index contributed by atoms with van der Waals surface area (Å²) in [6.07, 6.45) is 1.61. The van der Waals surface area contributed by atoms with Crippen LogP contribution < -0.4 is 24.6 Å². The fraction of sp³-hybridized carbons (Fsp3) is 0.375. The number of hydrogen-bond acceptors (Lipinski definition) is 5. The van der Waals surface area contributed by atoms with Crippen molar-refractivity contribution in [3.8, 4) is 0 Å². The first-order valence-electron chi connectivity index (χ1n) is 4.66. The summed E-state index contributed by atoms with van der Waals surface area (Å²) in [6.45, 7) is 1.59. The van der Waals surface area contributed by atoms with Gasteiger partial charge in [0.2, 0.25) is 0 Å². The molecule has 0 unspecified atom stereocenters. The van der Waals surface area contributed by atoms with Crippen molar-refractivity contribution in [2.24, 2.45) is 0 Å². The van der Waals surface area contributed by atoms with Gasteiger partial charge in [0.1, 0.15) is 0 Å². The average Bonchev–Trinajstić information content (AvgIpc) is 2.77. The molecule has 0 spiro atoms. The number of hydrogen-bond donors (Lipinski definition) is 1. The fourth-order valence-corrected chi connectivity index (χ4v) is 3.70. The van der Waals surface area contributed by atoms with E-state index in [0.29, 0.717) is 5.65 Å². The minimum absolute atomic E-state index is 0.184. The van der Waals surface area contributed by atoms with E-state index in [1.165, 1.54) is 0 Å². The number of H-pyrrole nitrogens is 1. The molecule has 6 nitrogen and oxygen atoms in total. The molecule has 0 atom stereocenters. The molecule has 1 fully saturated rings. The van der Waals surface area contributed by atoms with Crippen molar-refractivity contribution in [1.82, 2.24) is 19.9 Å². The Morgan fingerprint density at radius 2 is 2.44 bits per heavy atom. The Balaban J connectivity index is 2.09. The van der Waals surface area contributed by atoms with E-state index in [-0.39, 0.29) is 26.8 Å². The number of alkyl halides is 1. The number of nitrogens with zero attached hydrogens (tertiary/aromatic N) is 4. The normalized spacial score (nSPS) is 17.4. The molecule has 0 aromatic carbocycles. The summed E-state index contributed by atoms with van der Waals surface area (Å²) in [5.74, 6) is 0.851. The third-order valence-electron chi connectivity index (χ3n) is 2.17. The average molecular weight is 353 g/mol. The summed E-state index contributed by atoms with van der Waals surface area (Å²) >= 11 is 5.69. The minimum atomic E-state index is -0.184. The van der Waals surface area contributed by atoms with E-state index in [1.54, 1.807) is 6.33 Å². The third kappa shape index (κ3) is 1.82. The van der Waals surface area contributed by atoms with Crippen molar-refractivity contribution < 1.29 is 26.2 Å². The molecule has 1 aliphatic rings. The van der Waals surface area contributed by atoms with Crippen LogP contribution in [-0.2, 0) is 4.74 Å². The summed E-state index contributed by atoms with van der Waals surface area (Å²) in [6, 6.07) is 0. The topological polar surface area (TPSA) is 66.9 Å². The van der Waals surface area contributed by atoms with Gasteiger partial charge >= 0.3 is 107 Å². The number of halogens is 2. The fourth-order valence-electron chi connectivity index (χ4n) is 1.48. The van der Waals surface area contributed by atoms with E-state index in [0.717, 1.165) is 29.1 Å². The van der Waals surface area contributed by atoms with E-state index in [2.05, 4.69) is 23.0 Å². The van der Waals surface area contributed by atoms with Gasteiger partial charge in [0.15, 0.2) is 0 Å². The zero-order chi connectivity index (χ0) is 11.0. The van der Waals surface area contributed by atoms with E-state index in [9.17, 15) is 0 Å². The van der Waals surface area contributed by atoms with Crippen LogP contribution in [0.1, 0.15) is 0 Å². The van der Waals surface area contributed by atoms with Gasteiger partial charge in [0.25, 0.3) is 0 Å². The molecule has 0 bridgehead atoms. The number of ether oxygens (including phenoxy) is 1. The SMILES string of the molecule is Clc1nc(N2CCOC[I-]2)c2[nH]cnc2n1. The molecule has 2 aromatic rings. The van der Waals surface area contributed by atoms with Crippen LogP contribution in [-0.4, -0.2) is 37.7 Å². The molecule has 0 amide bonds. The van der Waals surface area contributed by atoms with Gasteiger partial charge in [-0.2, -0.15) is 0 Å². The molecule has 0 aliphatic carbocycles. The Bertz CT molecular complexity index is 512. The Labute approximate surface area is 107 Å². The zero-order valence-corrected chi connectivity index (χ0v) is 11.1. The second-order valence-corrected chi connectivity index (χ2v) is 5.95. The molecule has 1 aliphatic heterocycles. The summed E-state index contributed by atoms with van der Waals surface area (Å²) in [7, 11) is 0. The Morgan fingerprint density at radius 1 is 1.50 bits per heavy atom. The van der Waals surface area contributed by atoms with E-state index >= 15 is 0 Å². The Hall–Kier alpha value is -0.670. The first-order valence-corrected chi connectivity index (χ1v) is 7.53. The maximum absolute atomic E-state index is 5.88. The van der Waals surface area contributed by atoms with Gasteiger partial charge in [-0.3, -0.25) is 0 Å². The summed E-state index contributed by atoms with van der Waals surface area (Å²) < 4.78 is 8.40. The van der Waals surface area contributed by atoms with E-state index in [1.807, 2.05) is 0 Å². The number of nitrogens with one attached hydrogen (secondary N) is 1. The van der Waals surface area contributed by atoms with Crippen LogP contribution in [0.3, 0.4) is 0 Å². The summed E-state index contributed by atoms with van der Waals surface area (Å²) in [5.41, 5.74) is 1.47. The quantitative estimate of drug-likeness (QED) is 0.273. The molecule has 3 heterocycles. The Morgan fingerprint density at radius 3 is 3.25 bits per heavy atom. The molecule has 8 heteroatoms. The Kier molecular flexibility index (Phi) is 2.82. The molecular formula is C8H8ClIN5O-. The van der Waals surface area contributed by atoms with Gasteiger partial charge in [-0.1, -0.05) is 0 Å². The number of fused-ring (bicyclic) bond motifs is 1. The van der Waals surface area contributed by atoms with Crippen LogP contribution in [0.25, 0.3) is 11.2 Å². The first-order chi connectivity index (χ1) is 7.84. The van der Waals surface area contributed by atoms with Crippen LogP contribution in [0.15, 0.2) is 6.33 Å². The van der Waals surface area contributed by atoms with Crippen LogP contribution >= 0.6 is 11.6 Å². The summed E-state index contributed by atoms with van der Waals surface area (Å²) in [4.78, 5) is 15.5. The number of rotatable bonds is 1. The van der Waals surface area contributed by atoms with E-state index in [4.69, 9.17) is 16.3 Å². The molecule has 2 aromatic heterocycles. The standard InChI is InChI=1S/C8H8ClIN5O/c9-8-13-6-5(11-4-12-6)7(14-8)15-1-2-16-3-10-15/h4H,1-3H2,(H,11,12,13,14)/q-1. The number of aromatic nitrogens is 4. The van der Waals surface area contributed by atoms with Crippen molar-refractivity contribution in [1.29, 1.82) is 0 Å². The second kappa shape index (κ2) is 4.30. The molecule has 3 rings (SSSR count). The predicted molar refractivity (Wildman–Crippen MR) is 54.9 cm³/mol. The molecule has 86 valence electrons. The van der Waals surface area contributed by atoms with Crippen LogP contribution in [0.4, 0.5) is 5.82 Å². The van der Waals surface area contributed by atoms with Crippen molar-refractivity contribution in [2.75, 3.05) is 20.9 Å². The van der Waals surface area contributed by atoms with Gasteiger partial charge in [-0.05, 0) is 0 Å². The second-order valence-electron chi connectivity index (χ2n) is 3.14. The number of anilines is 1. The van der Waals surface area contributed by atoms with Crippen LogP contribution in [0.2, 0.25) is 5.28 Å². The first kappa shape index (κ1) is 10.5. The van der Waals surface area contributed by atoms with Gasteiger partial charge in [-0.15, -0.1) is 0 Å². The molecule has 0 radical (unpaired) electrons. The number of aromatic amines is 1. The molecule has 1 saturated heterocycles. The summed E-state index contributed by atoms with van der Waals surface area (Å²) in [5, 5.41) is 0.241. The molecule has 1 N–H and O–H groups in total.